The van der Waals surface area contributed by atoms with Gasteiger partial charge in [-0.05, 0) is 53.5 Å². The number of aliphatic hydroxyl groups excluding tert-OH is 2. The SMILES string of the molecule is CCCCNC(=O)OCc1ccccc1C[C@H](O)C[C@@H](Cc1ccccc1)C(=O)N[C@H]1c2ccccc2C[C@H]1O. The summed E-state index contributed by atoms with van der Waals surface area (Å²) >= 11 is 0. The number of unbranched alkanes of at least 4 members (excludes halogenated alkanes) is 1. The van der Waals surface area contributed by atoms with Crippen LogP contribution >= 0.6 is 0 Å². The van der Waals surface area contributed by atoms with Crippen LogP contribution in [0.4, 0.5) is 4.79 Å². The lowest BCUT2D eigenvalue weighted by Gasteiger charge is -2.25. The second-order valence-corrected chi connectivity index (χ2v) is 10.6. The van der Waals surface area contributed by atoms with Gasteiger partial charge in [-0.15, -0.1) is 0 Å². The van der Waals surface area contributed by atoms with E-state index in [1.165, 1.54) is 0 Å². The predicted molar refractivity (Wildman–Crippen MR) is 155 cm³/mol. The van der Waals surface area contributed by atoms with Crippen molar-refractivity contribution in [3.05, 3.63) is 107 Å². The Morgan fingerprint density at radius 2 is 1.65 bits per heavy atom. The average Bonchev–Trinajstić information content (AvgIpc) is 3.27. The summed E-state index contributed by atoms with van der Waals surface area (Å²) in [5, 5.41) is 27.7. The molecule has 3 aromatic rings. The lowest BCUT2D eigenvalue weighted by molar-refractivity contribution is -0.127. The van der Waals surface area contributed by atoms with Gasteiger partial charge >= 0.3 is 6.09 Å². The van der Waals surface area contributed by atoms with E-state index in [0.29, 0.717) is 25.8 Å². The molecule has 4 rings (SSSR count). The number of carbonyl (C=O) groups is 2. The van der Waals surface area contributed by atoms with Crippen LogP contribution < -0.4 is 10.6 Å². The Balaban J connectivity index is 1.42. The third kappa shape index (κ3) is 8.16. The van der Waals surface area contributed by atoms with Crippen molar-refractivity contribution in [2.24, 2.45) is 5.92 Å². The molecular formula is C33H40N2O5. The van der Waals surface area contributed by atoms with Gasteiger partial charge in [-0.3, -0.25) is 4.79 Å². The second-order valence-electron chi connectivity index (χ2n) is 10.6. The molecule has 4 N–H and O–H groups in total. The summed E-state index contributed by atoms with van der Waals surface area (Å²) in [4.78, 5) is 25.6. The molecule has 3 aromatic carbocycles. The number of benzene rings is 3. The van der Waals surface area contributed by atoms with Gasteiger partial charge in [-0.25, -0.2) is 4.79 Å². The summed E-state index contributed by atoms with van der Waals surface area (Å²) in [5.41, 5.74) is 4.68. The summed E-state index contributed by atoms with van der Waals surface area (Å²) < 4.78 is 5.39. The summed E-state index contributed by atoms with van der Waals surface area (Å²) in [6, 6.07) is 24.6. The minimum absolute atomic E-state index is 0.105. The van der Waals surface area contributed by atoms with Gasteiger partial charge in [-0.2, -0.15) is 0 Å². The van der Waals surface area contributed by atoms with E-state index in [9.17, 15) is 19.8 Å². The first kappa shape index (κ1) is 29.3. The van der Waals surface area contributed by atoms with E-state index in [1.807, 2.05) is 78.9 Å². The maximum Gasteiger partial charge on any atom is 0.407 e. The normalized spacial score (nSPS) is 17.5. The van der Waals surface area contributed by atoms with Crippen LogP contribution in [0.15, 0.2) is 78.9 Å². The number of alkyl carbamates (subject to hydrolysis) is 1. The molecule has 0 saturated carbocycles. The molecule has 0 unspecified atom stereocenters. The molecule has 0 bridgehead atoms. The number of fused-ring (bicyclic) bond motifs is 1. The number of rotatable bonds is 13. The van der Waals surface area contributed by atoms with Crippen molar-refractivity contribution in [1.82, 2.24) is 10.6 Å². The van der Waals surface area contributed by atoms with E-state index in [2.05, 4.69) is 17.6 Å². The number of ether oxygens (including phenoxy) is 1. The van der Waals surface area contributed by atoms with Crippen molar-refractivity contribution in [2.45, 2.75) is 70.3 Å². The van der Waals surface area contributed by atoms with Crippen LogP contribution in [0.3, 0.4) is 0 Å². The molecule has 7 heteroatoms. The maximum absolute atomic E-state index is 13.6. The Bertz CT molecular complexity index is 1250. The Kier molecular flexibility index (Phi) is 10.7. The van der Waals surface area contributed by atoms with E-state index in [-0.39, 0.29) is 18.9 Å². The molecule has 212 valence electrons. The predicted octanol–water partition coefficient (Wildman–Crippen LogP) is 4.64. The van der Waals surface area contributed by atoms with E-state index in [0.717, 1.165) is 40.7 Å². The number of carbonyl (C=O) groups excluding carboxylic acids is 2. The van der Waals surface area contributed by atoms with Gasteiger partial charge in [0, 0.05) is 18.9 Å². The fourth-order valence-corrected chi connectivity index (χ4v) is 5.33. The van der Waals surface area contributed by atoms with E-state index >= 15 is 0 Å². The number of hydrogen-bond donors (Lipinski definition) is 4. The van der Waals surface area contributed by atoms with Gasteiger partial charge in [0.1, 0.15) is 6.61 Å². The molecule has 0 fully saturated rings. The summed E-state index contributed by atoms with van der Waals surface area (Å²) in [5.74, 6) is -0.686. The fourth-order valence-electron chi connectivity index (χ4n) is 5.33. The smallest absolute Gasteiger partial charge is 0.407 e. The molecule has 1 aliphatic rings. The molecule has 0 saturated heterocycles. The fraction of sp³-hybridized carbons (Fsp3) is 0.394. The highest BCUT2D eigenvalue weighted by Crippen LogP contribution is 2.32. The third-order valence-corrected chi connectivity index (χ3v) is 7.49. The standard InChI is InChI=1S/C33H40N2O5/c1-2-3-17-34-33(39)40-22-26-15-8-7-13-24(26)19-28(36)20-27(18-23-11-5-4-6-12-23)32(38)35-31-29-16-10-9-14-25(29)21-30(31)37/h4-16,27-28,30-31,36-37H,2-3,17-22H2,1H3,(H,34,39)(H,35,38)/t27-,28+,30-,31+/m1/s1. The number of aliphatic hydroxyl groups is 2. The summed E-state index contributed by atoms with van der Waals surface area (Å²) in [7, 11) is 0. The van der Waals surface area contributed by atoms with E-state index in [4.69, 9.17) is 4.74 Å². The Labute approximate surface area is 236 Å². The molecule has 40 heavy (non-hydrogen) atoms. The highest BCUT2D eigenvalue weighted by molar-refractivity contribution is 5.80. The highest BCUT2D eigenvalue weighted by atomic mass is 16.5. The van der Waals surface area contributed by atoms with Gasteiger partial charge in [0.15, 0.2) is 0 Å². The van der Waals surface area contributed by atoms with Crippen LogP contribution in [-0.2, 0) is 35.4 Å². The lowest BCUT2D eigenvalue weighted by atomic mass is 9.89. The molecule has 4 atom stereocenters. The first-order valence-corrected chi connectivity index (χ1v) is 14.2. The minimum Gasteiger partial charge on any atom is -0.445 e. The monoisotopic (exact) mass is 544 g/mol. The van der Waals surface area contributed by atoms with Crippen LogP contribution in [0.2, 0.25) is 0 Å². The molecule has 0 heterocycles. The number of amides is 2. The highest BCUT2D eigenvalue weighted by Gasteiger charge is 2.34. The van der Waals surface area contributed by atoms with Crippen LogP contribution in [0.25, 0.3) is 0 Å². The molecule has 1 aliphatic carbocycles. The molecular weight excluding hydrogens is 504 g/mol. The summed E-state index contributed by atoms with van der Waals surface area (Å²) in [6.07, 6.45) is 1.48. The first-order valence-electron chi connectivity index (χ1n) is 14.2. The van der Waals surface area contributed by atoms with Crippen molar-refractivity contribution in [2.75, 3.05) is 6.54 Å². The van der Waals surface area contributed by atoms with Crippen LogP contribution in [0, 0.1) is 5.92 Å². The largest absolute Gasteiger partial charge is 0.445 e. The van der Waals surface area contributed by atoms with Crippen molar-refractivity contribution >= 4 is 12.0 Å². The number of nitrogens with one attached hydrogen (secondary N) is 2. The van der Waals surface area contributed by atoms with Gasteiger partial charge in [0.05, 0.1) is 18.2 Å². The van der Waals surface area contributed by atoms with Gasteiger partial charge < -0.3 is 25.6 Å². The van der Waals surface area contributed by atoms with Gasteiger partial charge in [0.2, 0.25) is 5.91 Å². The van der Waals surface area contributed by atoms with Crippen molar-refractivity contribution in [1.29, 1.82) is 0 Å². The van der Waals surface area contributed by atoms with E-state index in [1.54, 1.807) is 0 Å². The lowest BCUT2D eigenvalue weighted by Crippen LogP contribution is -2.39. The van der Waals surface area contributed by atoms with Crippen LogP contribution in [-0.4, -0.2) is 41.0 Å². The third-order valence-electron chi connectivity index (χ3n) is 7.49. The molecule has 0 aliphatic heterocycles. The maximum atomic E-state index is 13.6. The second kappa shape index (κ2) is 14.6. The molecule has 7 nitrogen and oxygen atoms in total. The molecule has 2 amide bonds. The minimum atomic E-state index is -0.792. The van der Waals surface area contributed by atoms with Gasteiger partial charge in [0.25, 0.3) is 0 Å². The van der Waals surface area contributed by atoms with Crippen molar-refractivity contribution in [3.63, 3.8) is 0 Å². The zero-order valence-electron chi connectivity index (χ0n) is 23.1. The Morgan fingerprint density at radius 1 is 0.950 bits per heavy atom. The van der Waals surface area contributed by atoms with Crippen molar-refractivity contribution in [3.8, 4) is 0 Å². The zero-order valence-corrected chi connectivity index (χ0v) is 23.1. The van der Waals surface area contributed by atoms with Crippen LogP contribution in [0.1, 0.15) is 60.0 Å². The Morgan fingerprint density at radius 3 is 2.42 bits per heavy atom. The molecule has 0 spiro atoms. The van der Waals surface area contributed by atoms with Gasteiger partial charge in [-0.1, -0.05) is 92.2 Å². The van der Waals surface area contributed by atoms with E-state index < -0.39 is 30.3 Å². The zero-order chi connectivity index (χ0) is 28.3. The Hall–Kier alpha value is -3.68. The first-order chi connectivity index (χ1) is 19.4. The summed E-state index contributed by atoms with van der Waals surface area (Å²) in [6.45, 7) is 2.73. The quantitative estimate of drug-likeness (QED) is 0.235. The molecule has 0 aromatic heterocycles. The topological polar surface area (TPSA) is 108 Å². The van der Waals surface area contributed by atoms with Crippen LogP contribution in [0.5, 0.6) is 0 Å². The molecule has 0 radical (unpaired) electrons. The van der Waals surface area contributed by atoms with Crippen molar-refractivity contribution < 1.29 is 24.5 Å². The number of hydrogen-bond acceptors (Lipinski definition) is 5. The average molecular weight is 545 g/mol.